The smallest absolute Gasteiger partial charge is 0.119 e. The van der Waals surface area contributed by atoms with Gasteiger partial charge in [0.05, 0.1) is 0 Å². The normalized spacial score (nSPS) is 29.8. The van der Waals surface area contributed by atoms with Gasteiger partial charge in [0.1, 0.15) is 5.75 Å². The average Bonchev–Trinajstić information content (AvgIpc) is 2.45. The lowest BCUT2D eigenvalue weighted by molar-refractivity contribution is 0.0795. The number of piperidine rings is 1. The first-order valence-corrected chi connectivity index (χ1v) is 8.25. The molecule has 3 rings (SSSR count). The highest BCUT2D eigenvalue weighted by Crippen LogP contribution is 2.44. The van der Waals surface area contributed by atoms with Crippen LogP contribution < -0.4 is 0 Å². The number of phenolic OH excluding ortho intramolecular Hbond substituents is 1. The van der Waals surface area contributed by atoms with E-state index in [1.165, 1.54) is 49.9 Å². The van der Waals surface area contributed by atoms with Crippen LogP contribution in [-0.4, -0.2) is 29.1 Å². The Morgan fingerprint density at radius 1 is 1.35 bits per heavy atom. The number of benzene rings is 1. The number of phenols is 1. The Morgan fingerprint density at radius 2 is 2.20 bits per heavy atom. The molecule has 1 heterocycles. The maximum Gasteiger partial charge on any atom is 0.119 e. The summed E-state index contributed by atoms with van der Waals surface area (Å²) in [5.41, 5.74) is 2.65. The van der Waals surface area contributed by atoms with Crippen LogP contribution in [0.4, 0.5) is 0 Å². The number of likely N-dealkylation sites (tertiary alicyclic amines) is 1. The van der Waals surface area contributed by atoms with Crippen LogP contribution in [0.1, 0.15) is 56.6 Å². The van der Waals surface area contributed by atoms with Gasteiger partial charge in [-0.25, -0.2) is 0 Å². The van der Waals surface area contributed by atoms with Crippen LogP contribution in [0.15, 0.2) is 18.2 Å². The topological polar surface area (TPSA) is 23.5 Å². The fourth-order valence-corrected chi connectivity index (χ4v) is 4.30. The molecule has 3 atom stereocenters. The Balaban J connectivity index is 1.88. The lowest BCUT2D eigenvalue weighted by atomic mass is 9.71. The SMILES string of the molecule is CCCCN1CC(C)CC2c3cccc(O)c3CCC21. The van der Waals surface area contributed by atoms with Gasteiger partial charge in [0.25, 0.3) is 0 Å². The van der Waals surface area contributed by atoms with E-state index in [4.69, 9.17) is 0 Å². The third kappa shape index (κ3) is 2.46. The molecule has 0 aromatic heterocycles. The third-order valence-electron chi connectivity index (χ3n) is 5.21. The molecule has 3 unspecified atom stereocenters. The quantitative estimate of drug-likeness (QED) is 0.902. The lowest BCUT2D eigenvalue weighted by Crippen LogP contribution is -2.49. The van der Waals surface area contributed by atoms with Crippen molar-refractivity contribution < 1.29 is 5.11 Å². The molecule has 1 fully saturated rings. The Bertz CT molecular complexity index is 470. The molecule has 1 aromatic carbocycles. The molecular formula is C18H27NO. The summed E-state index contributed by atoms with van der Waals surface area (Å²) < 4.78 is 0. The predicted octanol–water partition coefficient (Wildman–Crippen LogP) is 3.93. The molecule has 2 heteroatoms. The molecule has 20 heavy (non-hydrogen) atoms. The number of fused-ring (bicyclic) bond motifs is 3. The van der Waals surface area contributed by atoms with Crippen LogP contribution in [0, 0.1) is 5.92 Å². The van der Waals surface area contributed by atoms with E-state index < -0.39 is 0 Å². The number of hydrogen-bond acceptors (Lipinski definition) is 2. The van der Waals surface area contributed by atoms with E-state index in [0.717, 1.165) is 12.3 Å². The summed E-state index contributed by atoms with van der Waals surface area (Å²) >= 11 is 0. The van der Waals surface area contributed by atoms with Gasteiger partial charge in [-0.1, -0.05) is 32.4 Å². The summed E-state index contributed by atoms with van der Waals surface area (Å²) in [6, 6.07) is 6.82. The van der Waals surface area contributed by atoms with Crippen LogP contribution in [0.5, 0.6) is 5.75 Å². The highest BCUT2D eigenvalue weighted by molar-refractivity contribution is 5.44. The van der Waals surface area contributed by atoms with Crippen molar-refractivity contribution in [1.29, 1.82) is 0 Å². The lowest BCUT2D eigenvalue weighted by Gasteiger charge is -2.47. The average molecular weight is 273 g/mol. The maximum absolute atomic E-state index is 10.1. The number of aromatic hydroxyl groups is 1. The molecule has 0 spiro atoms. The summed E-state index contributed by atoms with van der Waals surface area (Å²) in [5.74, 6) is 1.91. The summed E-state index contributed by atoms with van der Waals surface area (Å²) in [4.78, 5) is 2.73. The van der Waals surface area contributed by atoms with Gasteiger partial charge in [-0.05, 0) is 55.3 Å². The van der Waals surface area contributed by atoms with Crippen LogP contribution in [0.3, 0.4) is 0 Å². The van der Waals surface area contributed by atoms with Gasteiger partial charge in [0.15, 0.2) is 0 Å². The van der Waals surface area contributed by atoms with Gasteiger partial charge in [0, 0.05) is 18.5 Å². The molecule has 2 aliphatic rings. The van der Waals surface area contributed by atoms with E-state index in [9.17, 15) is 5.11 Å². The zero-order valence-corrected chi connectivity index (χ0v) is 12.8. The van der Waals surface area contributed by atoms with Crippen molar-refractivity contribution in [2.24, 2.45) is 5.92 Å². The number of nitrogens with zero attached hydrogens (tertiary/aromatic N) is 1. The predicted molar refractivity (Wildman–Crippen MR) is 83.2 cm³/mol. The summed E-state index contributed by atoms with van der Waals surface area (Å²) in [6.45, 7) is 7.16. The second kappa shape index (κ2) is 5.77. The van der Waals surface area contributed by atoms with Crippen molar-refractivity contribution in [2.45, 2.75) is 57.9 Å². The summed E-state index contributed by atoms with van der Waals surface area (Å²) in [5, 5.41) is 10.1. The number of unbranched alkanes of at least 4 members (excludes halogenated alkanes) is 1. The van der Waals surface area contributed by atoms with E-state index in [1.54, 1.807) is 0 Å². The molecule has 0 amide bonds. The van der Waals surface area contributed by atoms with E-state index in [-0.39, 0.29) is 0 Å². The molecule has 1 N–H and O–H groups in total. The first kappa shape index (κ1) is 13.9. The van der Waals surface area contributed by atoms with Gasteiger partial charge in [-0.2, -0.15) is 0 Å². The Kier molecular flexibility index (Phi) is 4.02. The monoisotopic (exact) mass is 273 g/mol. The van der Waals surface area contributed by atoms with Crippen molar-refractivity contribution in [2.75, 3.05) is 13.1 Å². The second-order valence-electron chi connectivity index (χ2n) is 6.75. The standard InChI is InChI=1S/C18H27NO/c1-3-4-10-19-12-13(2)11-16-14-6-5-7-18(20)15(14)8-9-17(16)19/h5-7,13,16-17,20H,3-4,8-12H2,1-2H3. The van der Waals surface area contributed by atoms with Gasteiger partial charge >= 0.3 is 0 Å². The summed E-state index contributed by atoms with van der Waals surface area (Å²) in [7, 11) is 0. The van der Waals surface area contributed by atoms with Crippen molar-refractivity contribution in [3.8, 4) is 5.75 Å². The minimum absolute atomic E-state index is 0.513. The molecule has 1 aromatic rings. The van der Waals surface area contributed by atoms with Crippen LogP contribution in [0.2, 0.25) is 0 Å². The minimum Gasteiger partial charge on any atom is -0.508 e. The molecule has 0 bridgehead atoms. The van der Waals surface area contributed by atoms with E-state index in [0.29, 0.717) is 17.7 Å². The molecule has 0 radical (unpaired) electrons. The highest BCUT2D eigenvalue weighted by Gasteiger charge is 2.38. The molecule has 1 aliphatic carbocycles. The fourth-order valence-electron chi connectivity index (χ4n) is 4.30. The Hall–Kier alpha value is -1.02. The molecule has 1 aliphatic heterocycles. The van der Waals surface area contributed by atoms with E-state index >= 15 is 0 Å². The largest absolute Gasteiger partial charge is 0.508 e. The zero-order valence-electron chi connectivity index (χ0n) is 12.8. The van der Waals surface area contributed by atoms with Crippen LogP contribution in [0.25, 0.3) is 0 Å². The second-order valence-corrected chi connectivity index (χ2v) is 6.75. The van der Waals surface area contributed by atoms with E-state index in [2.05, 4.69) is 24.8 Å². The van der Waals surface area contributed by atoms with Crippen LogP contribution >= 0.6 is 0 Å². The van der Waals surface area contributed by atoms with Crippen molar-refractivity contribution in [3.63, 3.8) is 0 Å². The number of hydrogen-bond donors (Lipinski definition) is 1. The van der Waals surface area contributed by atoms with Gasteiger partial charge in [-0.3, -0.25) is 4.90 Å². The highest BCUT2D eigenvalue weighted by atomic mass is 16.3. The Labute approximate surface area is 122 Å². The zero-order chi connectivity index (χ0) is 14.1. The van der Waals surface area contributed by atoms with Gasteiger partial charge in [0.2, 0.25) is 0 Å². The minimum atomic E-state index is 0.513. The first-order valence-electron chi connectivity index (χ1n) is 8.25. The molecule has 110 valence electrons. The molecule has 2 nitrogen and oxygen atoms in total. The third-order valence-corrected chi connectivity index (χ3v) is 5.21. The fraction of sp³-hybridized carbons (Fsp3) is 0.667. The molecule has 1 saturated heterocycles. The number of rotatable bonds is 3. The van der Waals surface area contributed by atoms with Crippen molar-refractivity contribution in [3.05, 3.63) is 29.3 Å². The summed E-state index contributed by atoms with van der Waals surface area (Å²) in [6.07, 6.45) is 6.12. The Morgan fingerprint density at radius 3 is 3.00 bits per heavy atom. The molecular weight excluding hydrogens is 246 g/mol. The first-order chi connectivity index (χ1) is 9.70. The molecule has 0 saturated carbocycles. The van der Waals surface area contributed by atoms with E-state index in [1.807, 2.05) is 12.1 Å². The van der Waals surface area contributed by atoms with Gasteiger partial charge in [-0.15, -0.1) is 0 Å². The van der Waals surface area contributed by atoms with Crippen molar-refractivity contribution in [1.82, 2.24) is 4.90 Å². The van der Waals surface area contributed by atoms with Gasteiger partial charge < -0.3 is 5.11 Å². The van der Waals surface area contributed by atoms with Crippen LogP contribution in [-0.2, 0) is 6.42 Å². The maximum atomic E-state index is 10.1. The van der Waals surface area contributed by atoms with Crippen molar-refractivity contribution >= 4 is 0 Å².